The SMILES string of the molecule is CN1CCN2c3ccc(OS(=O)(=O)O)cc3Cc3ccccc3[C@H]2C1. The molecule has 2 aromatic rings. The van der Waals surface area contributed by atoms with Crippen molar-refractivity contribution in [2.75, 3.05) is 31.6 Å². The molecular weight excluding hydrogens is 340 g/mol. The van der Waals surface area contributed by atoms with E-state index in [-0.39, 0.29) is 11.8 Å². The Morgan fingerprint density at radius 1 is 1.12 bits per heavy atom. The van der Waals surface area contributed by atoms with E-state index in [1.165, 1.54) is 11.1 Å². The van der Waals surface area contributed by atoms with Gasteiger partial charge in [-0.2, -0.15) is 8.42 Å². The molecule has 0 spiro atoms. The number of hydrogen-bond donors (Lipinski definition) is 1. The van der Waals surface area contributed by atoms with Crippen molar-refractivity contribution in [1.29, 1.82) is 0 Å². The van der Waals surface area contributed by atoms with Gasteiger partial charge in [0.15, 0.2) is 0 Å². The van der Waals surface area contributed by atoms with Crippen LogP contribution in [0, 0.1) is 0 Å². The van der Waals surface area contributed by atoms with Crippen molar-refractivity contribution in [3.63, 3.8) is 0 Å². The van der Waals surface area contributed by atoms with Gasteiger partial charge in [-0.15, -0.1) is 0 Å². The highest BCUT2D eigenvalue weighted by Crippen LogP contribution is 2.40. The monoisotopic (exact) mass is 360 g/mol. The highest BCUT2D eigenvalue weighted by molar-refractivity contribution is 7.81. The van der Waals surface area contributed by atoms with Gasteiger partial charge in [-0.05, 0) is 48.4 Å². The van der Waals surface area contributed by atoms with Gasteiger partial charge >= 0.3 is 10.4 Å². The molecule has 132 valence electrons. The van der Waals surface area contributed by atoms with Crippen LogP contribution in [0.2, 0.25) is 0 Å². The van der Waals surface area contributed by atoms with Gasteiger partial charge in [0.1, 0.15) is 5.75 Å². The minimum Gasteiger partial charge on any atom is -0.362 e. The summed E-state index contributed by atoms with van der Waals surface area (Å²) in [5.41, 5.74) is 4.63. The third-order valence-corrected chi connectivity index (χ3v) is 5.34. The first-order valence-electron chi connectivity index (χ1n) is 8.23. The van der Waals surface area contributed by atoms with Gasteiger partial charge in [-0.3, -0.25) is 4.55 Å². The number of rotatable bonds is 2. The summed E-state index contributed by atoms with van der Waals surface area (Å²) in [5.74, 6) is 0.131. The zero-order valence-electron chi connectivity index (χ0n) is 13.9. The van der Waals surface area contributed by atoms with Crippen LogP contribution in [0.3, 0.4) is 0 Å². The van der Waals surface area contributed by atoms with Crippen LogP contribution >= 0.6 is 0 Å². The standard InChI is InChI=1S/C18H20N2O4S/c1-19-8-9-20-17-7-6-15(24-25(21,22)23)11-14(17)10-13-4-2-3-5-16(13)18(20)12-19/h2-7,11,18H,8-10,12H2,1H3,(H,21,22,23)/t18-/m1/s1. The molecule has 1 fully saturated rings. The first-order valence-corrected chi connectivity index (χ1v) is 9.60. The maximum absolute atomic E-state index is 11.0. The molecule has 0 saturated carbocycles. The van der Waals surface area contributed by atoms with E-state index in [1.807, 2.05) is 12.1 Å². The van der Waals surface area contributed by atoms with E-state index >= 15 is 0 Å². The van der Waals surface area contributed by atoms with Gasteiger partial charge in [-0.1, -0.05) is 24.3 Å². The largest absolute Gasteiger partial charge is 0.446 e. The van der Waals surface area contributed by atoms with Crippen LogP contribution in [0.5, 0.6) is 5.75 Å². The van der Waals surface area contributed by atoms with Crippen molar-refractivity contribution >= 4 is 16.1 Å². The van der Waals surface area contributed by atoms with Gasteiger partial charge in [0.25, 0.3) is 0 Å². The lowest BCUT2D eigenvalue weighted by molar-refractivity contribution is 0.269. The van der Waals surface area contributed by atoms with E-state index in [0.29, 0.717) is 6.42 Å². The summed E-state index contributed by atoms with van der Waals surface area (Å²) >= 11 is 0. The van der Waals surface area contributed by atoms with Crippen molar-refractivity contribution in [3.8, 4) is 5.75 Å². The number of benzene rings is 2. The number of likely N-dealkylation sites (N-methyl/N-ethyl adjacent to an activating group) is 1. The lowest BCUT2D eigenvalue weighted by atomic mass is 9.96. The van der Waals surface area contributed by atoms with E-state index in [2.05, 4.69) is 39.2 Å². The first kappa shape index (κ1) is 16.4. The molecule has 1 saturated heterocycles. The fourth-order valence-corrected chi connectivity index (χ4v) is 4.20. The topological polar surface area (TPSA) is 70.1 Å². The normalized spacial score (nSPS) is 20.2. The van der Waals surface area contributed by atoms with E-state index in [9.17, 15) is 8.42 Å². The van der Waals surface area contributed by atoms with Crippen molar-refractivity contribution < 1.29 is 17.2 Å². The molecule has 0 aliphatic carbocycles. The third-order valence-electron chi connectivity index (χ3n) is 4.94. The Morgan fingerprint density at radius 3 is 2.72 bits per heavy atom. The average molecular weight is 360 g/mol. The minimum atomic E-state index is -4.52. The van der Waals surface area contributed by atoms with Gasteiger partial charge in [0.05, 0.1) is 6.04 Å². The molecule has 0 radical (unpaired) electrons. The summed E-state index contributed by atoms with van der Waals surface area (Å²) in [6, 6.07) is 13.8. The molecule has 7 heteroatoms. The molecular formula is C18H20N2O4S. The van der Waals surface area contributed by atoms with Crippen LogP contribution in [0.25, 0.3) is 0 Å². The van der Waals surface area contributed by atoms with Crippen LogP contribution < -0.4 is 9.08 Å². The second-order valence-electron chi connectivity index (χ2n) is 6.65. The van der Waals surface area contributed by atoms with Gasteiger partial charge in [-0.25, -0.2) is 0 Å². The average Bonchev–Trinajstić information content (AvgIpc) is 2.67. The molecule has 2 aliphatic heterocycles. The Balaban J connectivity index is 1.82. The minimum absolute atomic E-state index is 0.131. The van der Waals surface area contributed by atoms with Crippen molar-refractivity contribution in [2.24, 2.45) is 0 Å². The molecule has 25 heavy (non-hydrogen) atoms. The predicted octanol–water partition coefficient (Wildman–Crippen LogP) is 2.27. The van der Waals surface area contributed by atoms with Crippen LogP contribution in [0.4, 0.5) is 5.69 Å². The van der Waals surface area contributed by atoms with Crippen LogP contribution in [0.15, 0.2) is 42.5 Å². The number of fused-ring (bicyclic) bond motifs is 5. The molecule has 0 aromatic heterocycles. The lowest BCUT2D eigenvalue weighted by Gasteiger charge is -2.41. The molecule has 6 nitrogen and oxygen atoms in total. The van der Waals surface area contributed by atoms with Crippen molar-refractivity contribution in [2.45, 2.75) is 12.5 Å². The smallest absolute Gasteiger partial charge is 0.362 e. The van der Waals surface area contributed by atoms with Crippen LogP contribution in [-0.2, 0) is 16.8 Å². The van der Waals surface area contributed by atoms with Crippen LogP contribution in [-0.4, -0.2) is 44.6 Å². The highest BCUT2D eigenvalue weighted by atomic mass is 32.3. The van der Waals surface area contributed by atoms with E-state index in [4.69, 9.17) is 4.55 Å². The summed E-state index contributed by atoms with van der Waals surface area (Å²) < 4.78 is 35.6. The molecule has 2 aromatic carbocycles. The Labute approximate surface area is 147 Å². The zero-order valence-corrected chi connectivity index (χ0v) is 14.7. The first-order chi connectivity index (χ1) is 11.9. The molecule has 2 aliphatic rings. The summed E-state index contributed by atoms with van der Waals surface area (Å²) in [6.45, 7) is 2.82. The van der Waals surface area contributed by atoms with Gasteiger partial charge in [0.2, 0.25) is 0 Å². The Kier molecular flexibility index (Phi) is 3.94. The highest BCUT2D eigenvalue weighted by Gasteiger charge is 2.32. The maximum Gasteiger partial charge on any atom is 0.446 e. The number of anilines is 1. The summed E-state index contributed by atoms with van der Waals surface area (Å²) in [4.78, 5) is 4.72. The molecule has 4 rings (SSSR count). The Bertz CT molecular complexity index is 913. The zero-order chi connectivity index (χ0) is 17.6. The number of nitrogens with zero attached hydrogens (tertiary/aromatic N) is 2. The quantitative estimate of drug-likeness (QED) is 0.829. The third kappa shape index (κ3) is 3.22. The fourth-order valence-electron chi connectivity index (χ4n) is 3.86. The summed E-state index contributed by atoms with van der Waals surface area (Å²) in [5, 5.41) is 0. The van der Waals surface area contributed by atoms with Crippen molar-refractivity contribution in [3.05, 3.63) is 59.2 Å². The molecule has 1 N–H and O–H groups in total. The predicted molar refractivity (Wildman–Crippen MR) is 95.5 cm³/mol. The lowest BCUT2D eigenvalue weighted by Crippen LogP contribution is -2.46. The molecule has 0 bridgehead atoms. The van der Waals surface area contributed by atoms with Gasteiger partial charge < -0.3 is 14.0 Å². The van der Waals surface area contributed by atoms with Gasteiger partial charge in [0, 0.05) is 25.3 Å². The van der Waals surface area contributed by atoms with Crippen molar-refractivity contribution in [1.82, 2.24) is 4.90 Å². The number of piperazine rings is 1. The van der Waals surface area contributed by atoms with E-state index in [1.54, 1.807) is 12.1 Å². The summed E-state index contributed by atoms with van der Waals surface area (Å²) in [7, 11) is -2.39. The second-order valence-corrected chi connectivity index (χ2v) is 7.67. The Hall–Kier alpha value is -2.09. The maximum atomic E-state index is 11.0. The van der Waals surface area contributed by atoms with E-state index in [0.717, 1.165) is 30.9 Å². The number of hydrogen-bond acceptors (Lipinski definition) is 5. The molecule has 0 amide bonds. The fraction of sp³-hybridized carbons (Fsp3) is 0.333. The molecule has 0 unspecified atom stereocenters. The molecule has 1 atom stereocenters. The van der Waals surface area contributed by atoms with Crippen LogP contribution in [0.1, 0.15) is 22.7 Å². The Morgan fingerprint density at radius 2 is 1.92 bits per heavy atom. The van der Waals surface area contributed by atoms with E-state index < -0.39 is 10.4 Å². The molecule has 2 heterocycles. The second kappa shape index (κ2) is 6.01. The summed E-state index contributed by atoms with van der Waals surface area (Å²) in [6.07, 6.45) is 0.699.